The number of hydrogen-bond acceptors (Lipinski definition) is 4. The van der Waals surface area contributed by atoms with E-state index in [1.165, 1.54) is 55.6 Å². The second-order valence-corrected chi connectivity index (χ2v) is 7.07. The molecule has 4 rings (SSSR count). The molecule has 2 aromatic heterocycles. The van der Waals surface area contributed by atoms with E-state index in [1.54, 1.807) is 12.7 Å². The molecule has 25 heavy (non-hydrogen) atoms. The third-order valence-corrected chi connectivity index (χ3v) is 5.25. The Balaban J connectivity index is 1.48. The predicted molar refractivity (Wildman–Crippen MR) is 100 cm³/mol. The zero-order valence-corrected chi connectivity index (χ0v) is 15.1. The number of rotatable bonds is 5. The van der Waals surface area contributed by atoms with E-state index in [-0.39, 0.29) is 0 Å². The maximum Gasteiger partial charge on any atom is 0.123 e. The van der Waals surface area contributed by atoms with Crippen molar-refractivity contribution in [2.45, 2.75) is 19.9 Å². The highest BCUT2D eigenvalue weighted by Gasteiger charge is 2.13. The van der Waals surface area contributed by atoms with Crippen LogP contribution in [0.5, 0.6) is 0 Å². The second-order valence-electron chi connectivity index (χ2n) is 7.07. The monoisotopic (exact) mass is 338 g/mol. The first-order valence-corrected chi connectivity index (χ1v) is 9.06. The van der Waals surface area contributed by atoms with Crippen LogP contribution >= 0.6 is 0 Å². The molecule has 0 spiro atoms. The van der Waals surface area contributed by atoms with Crippen LogP contribution in [0, 0.1) is 6.92 Å². The summed E-state index contributed by atoms with van der Waals surface area (Å²) in [6.45, 7) is 9.19. The molecule has 0 amide bonds. The number of aryl methyl sites for hydroxylation is 2. The number of aromatic nitrogens is 4. The van der Waals surface area contributed by atoms with Crippen molar-refractivity contribution < 1.29 is 0 Å². The summed E-state index contributed by atoms with van der Waals surface area (Å²) < 4.78 is 4.35. The maximum absolute atomic E-state index is 3.91. The number of hydrogen-bond donors (Lipinski definition) is 0. The highest BCUT2D eigenvalue weighted by molar-refractivity contribution is 5.85. The molecule has 132 valence electrons. The van der Waals surface area contributed by atoms with Gasteiger partial charge in [0.15, 0.2) is 0 Å². The highest BCUT2D eigenvalue weighted by Crippen LogP contribution is 2.24. The summed E-state index contributed by atoms with van der Waals surface area (Å²) in [4.78, 5) is 4.99. The van der Waals surface area contributed by atoms with Crippen LogP contribution in [0.15, 0.2) is 37.1 Å². The van der Waals surface area contributed by atoms with Gasteiger partial charge in [-0.05, 0) is 44.6 Å². The number of fused-ring (bicyclic) bond motifs is 1. The van der Waals surface area contributed by atoms with Gasteiger partial charge in [0.1, 0.15) is 12.7 Å². The van der Waals surface area contributed by atoms with Crippen molar-refractivity contribution in [3.05, 3.63) is 42.6 Å². The summed E-state index contributed by atoms with van der Waals surface area (Å²) >= 11 is 0. The van der Waals surface area contributed by atoms with Gasteiger partial charge in [-0.2, -0.15) is 0 Å². The van der Waals surface area contributed by atoms with Crippen molar-refractivity contribution in [1.29, 1.82) is 0 Å². The molecular weight excluding hydrogens is 312 g/mol. The normalized spacial score (nSPS) is 16.7. The number of benzene rings is 1. The molecule has 0 aliphatic carbocycles. The fourth-order valence-corrected chi connectivity index (χ4v) is 3.68. The molecule has 0 N–H and O–H groups in total. The van der Waals surface area contributed by atoms with Crippen LogP contribution < -0.4 is 0 Å². The third kappa shape index (κ3) is 3.45. The van der Waals surface area contributed by atoms with E-state index in [4.69, 9.17) is 0 Å². The lowest BCUT2D eigenvalue weighted by Crippen LogP contribution is -2.44. The Morgan fingerprint density at radius 1 is 1.00 bits per heavy atom. The quantitative estimate of drug-likeness (QED) is 0.715. The van der Waals surface area contributed by atoms with Crippen molar-refractivity contribution in [2.24, 2.45) is 0 Å². The van der Waals surface area contributed by atoms with E-state index in [0.717, 1.165) is 12.2 Å². The van der Waals surface area contributed by atoms with Crippen LogP contribution in [0.2, 0.25) is 0 Å². The first kappa shape index (κ1) is 16.3. The number of nitrogens with zero attached hydrogens (tertiary/aromatic N) is 6. The lowest BCUT2D eigenvalue weighted by molar-refractivity contribution is 0.151. The van der Waals surface area contributed by atoms with E-state index >= 15 is 0 Å². The Morgan fingerprint density at radius 2 is 1.76 bits per heavy atom. The molecule has 0 saturated carbocycles. The molecular formula is C19H26N6. The van der Waals surface area contributed by atoms with E-state index in [2.05, 4.69) is 62.9 Å². The number of piperazine rings is 1. The van der Waals surface area contributed by atoms with E-state index in [1.807, 2.05) is 4.57 Å². The molecule has 3 aromatic rings. The van der Waals surface area contributed by atoms with Crippen LogP contribution in [0.1, 0.15) is 12.0 Å². The molecule has 1 fully saturated rings. The minimum atomic E-state index is 1.06. The smallest absolute Gasteiger partial charge is 0.123 e. The minimum absolute atomic E-state index is 1.06. The Morgan fingerprint density at radius 3 is 2.52 bits per heavy atom. The summed E-state index contributed by atoms with van der Waals surface area (Å²) in [5.41, 5.74) is 3.74. The summed E-state index contributed by atoms with van der Waals surface area (Å²) in [7, 11) is 2.21. The average molecular weight is 338 g/mol. The maximum atomic E-state index is 3.91. The molecule has 1 aliphatic rings. The summed E-state index contributed by atoms with van der Waals surface area (Å²) in [6, 6.07) is 6.58. The van der Waals surface area contributed by atoms with Gasteiger partial charge in [0.05, 0.1) is 11.2 Å². The Bertz CT molecular complexity index is 827. The van der Waals surface area contributed by atoms with Gasteiger partial charge in [0.2, 0.25) is 0 Å². The van der Waals surface area contributed by atoms with E-state index < -0.39 is 0 Å². The van der Waals surface area contributed by atoms with Crippen LogP contribution in [-0.2, 0) is 6.54 Å². The highest BCUT2D eigenvalue weighted by atomic mass is 15.2. The number of likely N-dealkylation sites (N-methyl/N-ethyl adjacent to an activating group) is 1. The Hall–Kier alpha value is -2.18. The first-order chi connectivity index (χ1) is 12.2. The lowest BCUT2D eigenvalue weighted by atomic mass is 10.2. The minimum Gasteiger partial charge on any atom is -0.347 e. The van der Waals surface area contributed by atoms with Gasteiger partial charge in [0.25, 0.3) is 0 Å². The largest absolute Gasteiger partial charge is 0.347 e. The zero-order chi connectivity index (χ0) is 17.2. The molecule has 0 bridgehead atoms. The second kappa shape index (κ2) is 6.98. The predicted octanol–water partition coefficient (Wildman–Crippen LogP) is 2.17. The van der Waals surface area contributed by atoms with Crippen LogP contribution in [0.3, 0.4) is 0 Å². The van der Waals surface area contributed by atoms with Gasteiger partial charge in [-0.1, -0.05) is 6.07 Å². The van der Waals surface area contributed by atoms with Crippen LogP contribution in [0.25, 0.3) is 16.6 Å². The van der Waals surface area contributed by atoms with Crippen molar-refractivity contribution in [2.75, 3.05) is 39.8 Å². The molecule has 1 aromatic carbocycles. The van der Waals surface area contributed by atoms with Crippen molar-refractivity contribution in [3.8, 4) is 5.69 Å². The summed E-state index contributed by atoms with van der Waals surface area (Å²) in [5, 5.41) is 9.15. The van der Waals surface area contributed by atoms with E-state index in [0.29, 0.717) is 0 Å². The third-order valence-electron chi connectivity index (χ3n) is 5.25. The van der Waals surface area contributed by atoms with Gasteiger partial charge in [-0.25, -0.2) is 0 Å². The molecule has 1 saturated heterocycles. The van der Waals surface area contributed by atoms with E-state index in [9.17, 15) is 0 Å². The average Bonchev–Trinajstić information content (AvgIpc) is 3.26. The van der Waals surface area contributed by atoms with Crippen molar-refractivity contribution in [3.63, 3.8) is 0 Å². The fourth-order valence-electron chi connectivity index (χ4n) is 3.68. The first-order valence-electron chi connectivity index (χ1n) is 9.06. The van der Waals surface area contributed by atoms with Gasteiger partial charge < -0.3 is 14.4 Å². The standard InChI is InChI=1S/C19H26N6/c1-16-13-24(7-3-6-23-10-8-22(2)9-11-23)19-12-17(4-5-18(16)19)25-14-20-21-15-25/h4-5,12-15H,3,6-11H2,1-2H3. The fraction of sp³-hybridized carbons (Fsp3) is 0.474. The zero-order valence-electron chi connectivity index (χ0n) is 15.1. The lowest BCUT2D eigenvalue weighted by Gasteiger charge is -2.32. The molecule has 6 heteroatoms. The molecule has 0 atom stereocenters. The van der Waals surface area contributed by atoms with Gasteiger partial charge >= 0.3 is 0 Å². The molecule has 0 unspecified atom stereocenters. The van der Waals surface area contributed by atoms with Gasteiger partial charge in [0, 0.05) is 44.3 Å². The molecule has 1 aliphatic heterocycles. The SMILES string of the molecule is Cc1cn(CCCN2CCN(C)CC2)c2cc(-n3cnnc3)ccc12. The van der Waals surface area contributed by atoms with Gasteiger partial charge in [-0.15, -0.1) is 10.2 Å². The molecule has 0 radical (unpaired) electrons. The van der Waals surface area contributed by atoms with Crippen molar-refractivity contribution in [1.82, 2.24) is 29.1 Å². The molecule has 6 nitrogen and oxygen atoms in total. The Labute approximate surface area is 148 Å². The Kier molecular flexibility index (Phi) is 4.55. The van der Waals surface area contributed by atoms with Crippen LogP contribution in [-0.4, -0.2) is 68.9 Å². The summed E-state index contributed by atoms with van der Waals surface area (Å²) in [6.07, 6.45) is 6.96. The van der Waals surface area contributed by atoms with Crippen molar-refractivity contribution >= 4 is 10.9 Å². The van der Waals surface area contributed by atoms with Gasteiger partial charge in [-0.3, -0.25) is 4.57 Å². The molecule has 3 heterocycles. The van der Waals surface area contributed by atoms with Crippen LogP contribution in [0.4, 0.5) is 0 Å². The topological polar surface area (TPSA) is 42.1 Å². The summed E-state index contributed by atoms with van der Waals surface area (Å²) in [5.74, 6) is 0.